The molecule has 9 heterocycles. The number of imidazole rings is 3. The average molecular weight is 1460 g/mol. The molecule has 0 unspecified atom stereocenters. The summed E-state index contributed by atoms with van der Waals surface area (Å²) in [5, 5.41) is 9.64. The number of hydrogen-bond donors (Lipinski definition) is 1. The predicted molar refractivity (Wildman–Crippen MR) is 391 cm³/mol. The van der Waals surface area contributed by atoms with Crippen LogP contribution >= 0.6 is 15.9 Å². The Kier molecular flexibility index (Phi) is 24.5. The van der Waals surface area contributed by atoms with Crippen LogP contribution in [-0.2, 0) is 83.1 Å². The fourth-order valence-corrected chi connectivity index (χ4v) is 13.0. The van der Waals surface area contributed by atoms with Crippen LogP contribution in [0.3, 0.4) is 0 Å². The minimum atomic E-state index is -0.476. The lowest BCUT2D eigenvalue weighted by atomic mass is 9.49. The van der Waals surface area contributed by atoms with Gasteiger partial charge in [-0.1, -0.05) is 44.6 Å². The highest BCUT2D eigenvalue weighted by Crippen LogP contribution is 2.44. The Morgan fingerprint density at radius 2 is 0.752 bits per heavy atom. The fraction of sp³-hybridized carbons (Fsp3) is 0.625. The third-order valence-electron chi connectivity index (χ3n) is 21.9. The maximum Gasteiger partial charge on any atom is 0.496 e. The Hall–Kier alpha value is -6.88. The van der Waals surface area contributed by atoms with Gasteiger partial charge in [0.25, 0.3) is 0 Å². The van der Waals surface area contributed by atoms with Crippen molar-refractivity contribution in [2.24, 2.45) is 21.1 Å². The quantitative estimate of drug-likeness (QED) is 0.0785. The number of nitrogens with zero attached hydrogens (tertiary/aromatic N) is 12. The molecule has 0 radical (unpaired) electrons. The lowest BCUT2D eigenvalue weighted by Crippen LogP contribution is -2.41. The van der Waals surface area contributed by atoms with Crippen molar-refractivity contribution in [3.63, 3.8) is 0 Å². The number of aromatic nitrogens is 9. The summed E-state index contributed by atoms with van der Waals surface area (Å²) in [5.41, 5.74) is 7.55. The van der Waals surface area contributed by atoms with E-state index in [1.54, 1.807) is 59.8 Å². The number of halogens is 1. The summed E-state index contributed by atoms with van der Waals surface area (Å²) in [6.07, 6.45) is 17.5. The molecule has 1 N–H and O–H groups in total. The van der Waals surface area contributed by atoms with Gasteiger partial charge in [0.1, 0.15) is 42.7 Å². The highest BCUT2D eigenvalue weighted by Gasteiger charge is 2.64. The minimum Gasteiger partial charge on any atom is -0.506 e. The molecule has 6 fully saturated rings. The summed E-state index contributed by atoms with van der Waals surface area (Å²) in [7, 11) is 9.67. The molecule has 101 heavy (non-hydrogen) atoms. The van der Waals surface area contributed by atoms with E-state index < -0.39 is 32.3 Å². The molecular formula is C72H106B3BrN12O13. The van der Waals surface area contributed by atoms with E-state index in [0.717, 1.165) is 94.0 Å². The van der Waals surface area contributed by atoms with Crippen LogP contribution in [0.1, 0.15) is 194 Å². The largest absolute Gasteiger partial charge is 0.506 e. The lowest BCUT2D eigenvalue weighted by molar-refractivity contribution is 0.00578. The van der Waals surface area contributed by atoms with Gasteiger partial charge in [0.2, 0.25) is 0 Å². The van der Waals surface area contributed by atoms with Crippen molar-refractivity contribution in [2.75, 3.05) is 21.1 Å². The summed E-state index contributed by atoms with van der Waals surface area (Å²) in [6, 6.07) is 11.9. The van der Waals surface area contributed by atoms with Gasteiger partial charge < -0.3 is 75.6 Å². The van der Waals surface area contributed by atoms with Crippen LogP contribution in [0.5, 0.6) is 5.75 Å². The topological polar surface area (TPSA) is 256 Å². The molecule has 3 saturated heterocycles. The van der Waals surface area contributed by atoms with Crippen LogP contribution in [0, 0.1) is 20.8 Å². The number of aryl methyl sites for hydroxylation is 6. The van der Waals surface area contributed by atoms with Crippen LogP contribution in [0.4, 0.5) is 14.4 Å². The Morgan fingerprint density at radius 1 is 0.465 bits per heavy atom. The van der Waals surface area contributed by atoms with Gasteiger partial charge in [-0.05, 0) is 189 Å². The van der Waals surface area contributed by atoms with E-state index in [2.05, 4.69) is 40.8 Å². The molecule has 6 aromatic rings. The highest BCUT2D eigenvalue weighted by molar-refractivity contribution is 9.10. The SMILES string of the molecule is CC1(C)OB(B2OC(C)(C)C(C)(C)O2)OC1(C)C.Cc1nc(-c2ncn(C)c2COC(=O)N(C)C2CCCC2)ccc1B1OC(C)(C)C(C)(C)O1.Cc1nc(-c2ncn(C)c2COC(=O)N(C)C2CCCC2)ccc1Br.Cc1nc(-c2ncn(C)c2COC(=O)N(C)C2CCCC2)ccc1O. The van der Waals surface area contributed by atoms with Gasteiger partial charge in [-0.2, -0.15) is 0 Å². The third-order valence-corrected chi connectivity index (χ3v) is 22.7. The summed E-state index contributed by atoms with van der Waals surface area (Å²) in [6.45, 7) is 30.4. The Bertz CT molecular complexity index is 3670. The van der Waals surface area contributed by atoms with E-state index in [9.17, 15) is 19.5 Å². The lowest BCUT2D eigenvalue weighted by Gasteiger charge is -2.32. The zero-order chi connectivity index (χ0) is 73.9. The van der Waals surface area contributed by atoms with E-state index in [0.29, 0.717) is 28.8 Å². The molecule has 0 atom stereocenters. The molecule has 6 aromatic heterocycles. The maximum atomic E-state index is 12.6. The summed E-state index contributed by atoms with van der Waals surface area (Å²) in [5.74, 6) is 0.144. The van der Waals surface area contributed by atoms with Crippen molar-refractivity contribution in [1.82, 2.24) is 58.3 Å². The molecule has 25 nitrogen and oxygen atoms in total. The molecule has 548 valence electrons. The normalized spacial score (nSPS) is 19.4. The monoisotopic (exact) mass is 1460 g/mol. The van der Waals surface area contributed by atoms with E-state index in [1.165, 1.54) is 38.5 Å². The Morgan fingerprint density at radius 3 is 1.06 bits per heavy atom. The van der Waals surface area contributed by atoms with Gasteiger partial charge in [0.05, 0.1) is 98.1 Å². The zero-order valence-electron chi connectivity index (χ0n) is 63.4. The second kappa shape index (κ2) is 31.6. The first-order valence-electron chi connectivity index (χ1n) is 35.4. The predicted octanol–water partition coefficient (Wildman–Crippen LogP) is 12.9. The van der Waals surface area contributed by atoms with Crippen molar-refractivity contribution >= 4 is 60.8 Å². The molecule has 0 aromatic carbocycles. The van der Waals surface area contributed by atoms with Crippen LogP contribution in [0.25, 0.3) is 34.2 Å². The standard InChI is InChI=1S/C24H35BN4O4.C18H23BrN4O2.C18H24N4O3.C12H24B2O4/c1-16-18(25-32-23(2,3)24(4,5)33-25)12-13-19(27-16)21-20(28(6)15-26-21)14-31-22(30)29(7)17-10-8-9-11-17;1-12-14(19)8-9-15(21-12)17-16(22(2)11-20-17)10-25-18(24)23(3)13-6-4-5-7-13;1-12-16(23)9-8-14(20-12)17-15(21(2)11-19-17)10-25-18(24)22(3)13-6-4-5-7-13;1-9(2)10(3,4)16-13(15-9)14-17-11(5,6)12(7,8)18-14/h12-13,15,17H,8-11,14H2,1-7H3;8-9,11,13H,4-7,10H2,1-3H3;8-9,11,13,23H,4-7,10H2,1-3H3;1-8H3. The summed E-state index contributed by atoms with van der Waals surface area (Å²) < 4.78 is 59.4. The van der Waals surface area contributed by atoms with E-state index in [4.69, 9.17) is 47.1 Å². The first-order valence-corrected chi connectivity index (χ1v) is 36.2. The Labute approximate surface area is 606 Å². The number of aromatic hydroxyl groups is 1. The van der Waals surface area contributed by atoms with Crippen molar-refractivity contribution in [3.05, 3.63) is 94.0 Å². The third kappa shape index (κ3) is 17.9. The summed E-state index contributed by atoms with van der Waals surface area (Å²) in [4.78, 5) is 69.4. The van der Waals surface area contributed by atoms with E-state index >= 15 is 0 Å². The van der Waals surface area contributed by atoms with Crippen molar-refractivity contribution < 1.29 is 61.6 Å². The van der Waals surface area contributed by atoms with Crippen LogP contribution in [0.15, 0.2) is 59.9 Å². The van der Waals surface area contributed by atoms with E-state index in [-0.39, 0.29) is 78.3 Å². The van der Waals surface area contributed by atoms with Crippen molar-refractivity contribution in [3.8, 4) is 39.9 Å². The molecule has 29 heteroatoms. The van der Waals surface area contributed by atoms with Crippen LogP contribution < -0.4 is 5.46 Å². The number of rotatable bonds is 14. The van der Waals surface area contributed by atoms with Gasteiger partial charge in [-0.3, -0.25) is 9.97 Å². The molecule has 12 rings (SSSR count). The van der Waals surface area contributed by atoms with Gasteiger partial charge in [-0.25, -0.2) is 34.3 Å². The number of carbonyl (C=O) groups is 3. The fourth-order valence-electron chi connectivity index (χ4n) is 12.8. The number of amides is 3. The van der Waals surface area contributed by atoms with Crippen LogP contribution in [0.2, 0.25) is 0 Å². The number of pyridine rings is 3. The molecular weight excluding hydrogens is 1350 g/mol. The molecule has 3 saturated carbocycles. The van der Waals surface area contributed by atoms with Gasteiger partial charge in [0, 0.05) is 76.0 Å². The van der Waals surface area contributed by atoms with Gasteiger partial charge in [0.15, 0.2) is 0 Å². The molecule has 6 aliphatic rings. The highest BCUT2D eigenvalue weighted by atomic mass is 79.9. The second-order valence-corrected chi connectivity index (χ2v) is 31.4. The molecule has 0 bridgehead atoms. The molecule has 3 aliphatic carbocycles. The zero-order valence-corrected chi connectivity index (χ0v) is 64.9. The summed E-state index contributed by atoms with van der Waals surface area (Å²) >= 11 is 3.46. The number of ether oxygens (including phenoxy) is 3. The smallest absolute Gasteiger partial charge is 0.496 e. The average Bonchev–Trinajstić information content (AvgIpc) is 1.60. The Balaban J connectivity index is 0.000000160. The molecule has 0 spiro atoms. The minimum absolute atomic E-state index is 0.128. The number of carbonyl (C=O) groups excluding carboxylic acids is 3. The van der Waals surface area contributed by atoms with Gasteiger partial charge in [-0.15, -0.1) is 0 Å². The van der Waals surface area contributed by atoms with E-state index in [1.807, 2.05) is 170 Å². The first-order chi connectivity index (χ1) is 47.3. The first kappa shape index (κ1) is 78.3. The van der Waals surface area contributed by atoms with Crippen molar-refractivity contribution in [1.29, 1.82) is 0 Å². The molecule has 3 amide bonds. The second-order valence-electron chi connectivity index (χ2n) is 30.5. The number of hydrogen-bond acceptors (Lipinski definition) is 19. The maximum absolute atomic E-state index is 12.6. The van der Waals surface area contributed by atoms with Crippen molar-refractivity contribution in [2.45, 2.75) is 252 Å². The molecule has 3 aliphatic heterocycles. The van der Waals surface area contributed by atoms with Gasteiger partial charge >= 0.3 is 39.4 Å². The van der Waals surface area contributed by atoms with Crippen LogP contribution in [-0.4, -0.2) is 176 Å².